The monoisotopic (exact) mass is 319 g/mol. The molecule has 116 valence electrons. The van der Waals surface area contributed by atoms with Gasteiger partial charge in [-0.1, -0.05) is 18.2 Å². The van der Waals surface area contributed by atoms with Crippen LogP contribution in [0.1, 0.15) is 21.6 Å². The highest BCUT2D eigenvalue weighted by atomic mass is 35.5. The molecule has 0 saturated heterocycles. The fourth-order valence-corrected chi connectivity index (χ4v) is 2.55. The Kier molecular flexibility index (Phi) is 5.00. The van der Waals surface area contributed by atoms with Crippen molar-refractivity contribution >= 4 is 24.0 Å². The second kappa shape index (κ2) is 6.77. The van der Waals surface area contributed by atoms with Gasteiger partial charge in [0, 0.05) is 31.0 Å². The standard InChI is InChI=1S/C16H17N3O2.ClH/c1-11-6-7-13(15(20)18-11)16(21)19-9-8-17-10-12-4-2-3-5-14(12)19;/h2-7,17H,8-10H2,1H3,(H,18,20);1H. The number of aromatic nitrogens is 1. The number of fused-ring (bicyclic) bond motifs is 1. The smallest absolute Gasteiger partial charge is 0.263 e. The number of aryl methyl sites for hydroxylation is 1. The molecule has 1 amide bonds. The summed E-state index contributed by atoms with van der Waals surface area (Å²) in [6, 6.07) is 11.1. The van der Waals surface area contributed by atoms with Crippen molar-refractivity contribution in [1.29, 1.82) is 0 Å². The van der Waals surface area contributed by atoms with Crippen molar-refractivity contribution in [3.05, 3.63) is 63.6 Å². The van der Waals surface area contributed by atoms with Crippen LogP contribution in [-0.2, 0) is 6.54 Å². The Morgan fingerprint density at radius 3 is 2.73 bits per heavy atom. The molecule has 5 nitrogen and oxygen atoms in total. The van der Waals surface area contributed by atoms with E-state index in [1.165, 1.54) is 0 Å². The topological polar surface area (TPSA) is 65.2 Å². The number of hydrogen-bond donors (Lipinski definition) is 2. The van der Waals surface area contributed by atoms with Crippen LogP contribution in [0.4, 0.5) is 5.69 Å². The van der Waals surface area contributed by atoms with Crippen LogP contribution in [-0.4, -0.2) is 24.0 Å². The molecule has 0 spiro atoms. The number of carbonyl (C=O) groups is 1. The van der Waals surface area contributed by atoms with Crippen LogP contribution < -0.4 is 15.8 Å². The van der Waals surface area contributed by atoms with E-state index in [1.54, 1.807) is 24.0 Å². The van der Waals surface area contributed by atoms with Gasteiger partial charge in [-0.2, -0.15) is 0 Å². The molecule has 0 saturated carbocycles. The maximum Gasteiger partial charge on any atom is 0.263 e. The number of pyridine rings is 1. The molecule has 0 radical (unpaired) electrons. The number of carbonyl (C=O) groups excluding carboxylic acids is 1. The molecule has 1 aliphatic rings. The molecule has 1 aromatic carbocycles. The number of halogens is 1. The zero-order valence-corrected chi connectivity index (χ0v) is 13.1. The van der Waals surface area contributed by atoms with Crippen molar-refractivity contribution in [2.75, 3.05) is 18.0 Å². The van der Waals surface area contributed by atoms with Gasteiger partial charge in [0.1, 0.15) is 5.56 Å². The van der Waals surface area contributed by atoms with Crippen LogP contribution in [0.5, 0.6) is 0 Å². The Bertz CT molecular complexity index is 742. The predicted octanol–water partition coefficient (Wildman–Crippen LogP) is 1.86. The molecule has 0 fully saturated rings. The molecule has 6 heteroatoms. The van der Waals surface area contributed by atoms with Gasteiger partial charge < -0.3 is 15.2 Å². The van der Waals surface area contributed by atoms with Gasteiger partial charge in [0.05, 0.1) is 0 Å². The summed E-state index contributed by atoms with van der Waals surface area (Å²) in [7, 11) is 0. The van der Waals surface area contributed by atoms with Gasteiger partial charge in [-0.05, 0) is 30.7 Å². The van der Waals surface area contributed by atoms with Gasteiger partial charge in [-0.25, -0.2) is 0 Å². The van der Waals surface area contributed by atoms with E-state index in [4.69, 9.17) is 0 Å². The Labute approximate surface area is 134 Å². The first kappa shape index (κ1) is 16.3. The summed E-state index contributed by atoms with van der Waals surface area (Å²) in [5, 5.41) is 3.28. The third-order valence-corrected chi connectivity index (χ3v) is 3.64. The number of hydrogen-bond acceptors (Lipinski definition) is 3. The maximum atomic E-state index is 12.7. The quantitative estimate of drug-likeness (QED) is 0.843. The van der Waals surface area contributed by atoms with Crippen molar-refractivity contribution in [2.45, 2.75) is 13.5 Å². The van der Waals surface area contributed by atoms with Crippen molar-refractivity contribution in [3.63, 3.8) is 0 Å². The molecule has 0 atom stereocenters. The van der Waals surface area contributed by atoms with Crippen LogP contribution in [0.3, 0.4) is 0 Å². The lowest BCUT2D eigenvalue weighted by atomic mass is 10.1. The van der Waals surface area contributed by atoms with Crippen molar-refractivity contribution in [1.82, 2.24) is 10.3 Å². The summed E-state index contributed by atoms with van der Waals surface area (Å²) in [6.45, 7) is 3.76. The first-order valence-corrected chi connectivity index (χ1v) is 6.97. The molecule has 3 rings (SSSR count). The second-order valence-corrected chi connectivity index (χ2v) is 5.15. The molecule has 0 aliphatic carbocycles. The molecule has 2 N–H and O–H groups in total. The minimum absolute atomic E-state index is 0. The summed E-state index contributed by atoms with van der Waals surface area (Å²) >= 11 is 0. The van der Waals surface area contributed by atoms with E-state index in [1.807, 2.05) is 24.3 Å². The molecule has 22 heavy (non-hydrogen) atoms. The first-order chi connectivity index (χ1) is 10.2. The van der Waals surface area contributed by atoms with Gasteiger partial charge in [-0.3, -0.25) is 9.59 Å². The summed E-state index contributed by atoms with van der Waals surface area (Å²) in [4.78, 5) is 29.1. The third-order valence-electron chi connectivity index (χ3n) is 3.64. The first-order valence-electron chi connectivity index (χ1n) is 6.97. The number of para-hydroxylation sites is 1. The van der Waals surface area contributed by atoms with Crippen LogP contribution >= 0.6 is 12.4 Å². The molecule has 2 aromatic rings. The van der Waals surface area contributed by atoms with E-state index < -0.39 is 0 Å². The maximum absolute atomic E-state index is 12.7. The largest absolute Gasteiger partial charge is 0.326 e. The number of rotatable bonds is 1. The lowest BCUT2D eigenvalue weighted by Gasteiger charge is -2.22. The van der Waals surface area contributed by atoms with Gasteiger partial charge in [0.25, 0.3) is 11.5 Å². The van der Waals surface area contributed by atoms with E-state index >= 15 is 0 Å². The fraction of sp³-hybridized carbons (Fsp3) is 0.250. The molecular formula is C16H18ClN3O2. The van der Waals surface area contributed by atoms with Crippen LogP contribution in [0, 0.1) is 6.92 Å². The molecule has 1 aliphatic heterocycles. The number of amides is 1. The van der Waals surface area contributed by atoms with Gasteiger partial charge in [-0.15, -0.1) is 12.4 Å². The number of H-pyrrole nitrogens is 1. The predicted molar refractivity (Wildman–Crippen MR) is 88.9 cm³/mol. The van der Waals surface area contributed by atoms with E-state index in [-0.39, 0.29) is 29.4 Å². The van der Waals surface area contributed by atoms with E-state index in [0.29, 0.717) is 13.1 Å². The Hall–Kier alpha value is -2.11. The Morgan fingerprint density at radius 2 is 1.95 bits per heavy atom. The Balaban J connectivity index is 0.00000176. The third kappa shape index (κ3) is 3.05. The number of anilines is 1. The summed E-state index contributed by atoms with van der Waals surface area (Å²) in [5.41, 5.74) is 2.51. The lowest BCUT2D eigenvalue weighted by molar-refractivity contribution is 0.0986. The van der Waals surface area contributed by atoms with E-state index in [9.17, 15) is 9.59 Å². The minimum Gasteiger partial charge on any atom is -0.326 e. The van der Waals surface area contributed by atoms with Crippen LogP contribution in [0.2, 0.25) is 0 Å². The van der Waals surface area contributed by atoms with E-state index in [0.717, 1.165) is 23.5 Å². The second-order valence-electron chi connectivity index (χ2n) is 5.15. The van der Waals surface area contributed by atoms with Crippen LogP contribution in [0.15, 0.2) is 41.2 Å². The zero-order valence-electron chi connectivity index (χ0n) is 12.3. The lowest BCUT2D eigenvalue weighted by Crippen LogP contribution is -2.37. The van der Waals surface area contributed by atoms with Crippen molar-refractivity contribution < 1.29 is 4.79 Å². The number of benzene rings is 1. The van der Waals surface area contributed by atoms with Crippen molar-refractivity contribution in [2.24, 2.45) is 0 Å². The van der Waals surface area contributed by atoms with Gasteiger partial charge >= 0.3 is 0 Å². The highest BCUT2D eigenvalue weighted by Gasteiger charge is 2.23. The average Bonchev–Trinajstić information content (AvgIpc) is 2.69. The summed E-state index contributed by atoms with van der Waals surface area (Å²) < 4.78 is 0. The summed E-state index contributed by atoms with van der Waals surface area (Å²) in [6.07, 6.45) is 0. The Morgan fingerprint density at radius 1 is 1.18 bits per heavy atom. The molecular weight excluding hydrogens is 302 g/mol. The molecule has 1 aromatic heterocycles. The molecule has 0 bridgehead atoms. The highest BCUT2D eigenvalue weighted by Crippen LogP contribution is 2.23. The summed E-state index contributed by atoms with van der Waals surface area (Å²) in [5.74, 6) is -0.257. The zero-order chi connectivity index (χ0) is 14.8. The van der Waals surface area contributed by atoms with Crippen molar-refractivity contribution in [3.8, 4) is 0 Å². The van der Waals surface area contributed by atoms with E-state index in [2.05, 4.69) is 10.3 Å². The van der Waals surface area contributed by atoms with Gasteiger partial charge in [0.15, 0.2) is 0 Å². The number of aromatic amines is 1. The SMILES string of the molecule is Cc1ccc(C(=O)N2CCNCc3ccccc32)c(=O)[nH]1.Cl. The highest BCUT2D eigenvalue weighted by molar-refractivity contribution is 6.06. The normalized spacial score (nSPS) is 13.8. The van der Waals surface area contributed by atoms with Gasteiger partial charge in [0.2, 0.25) is 0 Å². The number of nitrogens with zero attached hydrogens (tertiary/aromatic N) is 1. The molecule has 0 unspecified atom stereocenters. The fourth-order valence-electron chi connectivity index (χ4n) is 2.55. The van der Waals surface area contributed by atoms with Crippen LogP contribution in [0.25, 0.3) is 0 Å². The molecule has 2 heterocycles. The minimum atomic E-state index is -0.338. The average molecular weight is 320 g/mol. The number of nitrogens with one attached hydrogen (secondary N) is 2.